The van der Waals surface area contributed by atoms with Crippen LogP contribution in [0.3, 0.4) is 0 Å². The molecule has 98 valence electrons. The number of methoxy groups -OCH3 is 1. The minimum Gasteiger partial charge on any atom is -0.387 e. The molecule has 2 atom stereocenters. The van der Waals surface area contributed by atoms with Crippen molar-refractivity contribution in [2.75, 3.05) is 7.11 Å². The maximum atomic E-state index is 10.4. The first-order valence-electron chi connectivity index (χ1n) is 5.80. The Hall–Kier alpha value is -0.390. The molecule has 5 heteroatoms. The van der Waals surface area contributed by atoms with Crippen LogP contribution in [0.1, 0.15) is 32.2 Å². The molecular weight excluding hydrogens is 284 g/mol. The van der Waals surface area contributed by atoms with Crippen molar-refractivity contribution >= 4 is 15.9 Å². The molecule has 1 aromatic heterocycles. The van der Waals surface area contributed by atoms with E-state index in [1.54, 1.807) is 14.0 Å². The van der Waals surface area contributed by atoms with Gasteiger partial charge in [0.1, 0.15) is 0 Å². The highest BCUT2D eigenvalue weighted by Crippen LogP contribution is 2.27. The van der Waals surface area contributed by atoms with Crippen LogP contribution < -0.4 is 0 Å². The lowest BCUT2D eigenvalue weighted by atomic mass is 9.94. The van der Waals surface area contributed by atoms with Crippen LogP contribution in [0.25, 0.3) is 0 Å². The molecule has 0 aliphatic rings. The third-order valence-electron chi connectivity index (χ3n) is 3.21. The summed E-state index contributed by atoms with van der Waals surface area (Å²) in [6.45, 7) is 8.44. The molecule has 0 aliphatic heterocycles. The van der Waals surface area contributed by atoms with Gasteiger partial charge in [0.25, 0.3) is 0 Å². The van der Waals surface area contributed by atoms with Crippen molar-refractivity contribution < 1.29 is 9.84 Å². The standard InChI is InChI=1S/C12H21BrN2O2/c1-6-15-10(11(13)8(2)14-15)7-12(4,16)9(3)17-5/h9,16H,6-7H2,1-5H3. The minimum absolute atomic E-state index is 0.227. The highest BCUT2D eigenvalue weighted by Gasteiger charge is 2.31. The van der Waals surface area contributed by atoms with Gasteiger partial charge in [-0.05, 0) is 43.6 Å². The van der Waals surface area contributed by atoms with E-state index in [4.69, 9.17) is 4.74 Å². The predicted octanol–water partition coefficient (Wildman–Crippen LogP) is 2.30. The molecule has 0 saturated heterocycles. The molecule has 0 spiro atoms. The van der Waals surface area contributed by atoms with Gasteiger partial charge in [0.15, 0.2) is 0 Å². The first kappa shape index (κ1) is 14.7. The van der Waals surface area contributed by atoms with E-state index in [1.807, 2.05) is 25.5 Å². The summed E-state index contributed by atoms with van der Waals surface area (Å²) < 4.78 is 8.10. The highest BCUT2D eigenvalue weighted by atomic mass is 79.9. The monoisotopic (exact) mass is 304 g/mol. The molecule has 0 aromatic carbocycles. The lowest BCUT2D eigenvalue weighted by Crippen LogP contribution is -2.41. The quantitative estimate of drug-likeness (QED) is 0.908. The molecule has 1 N–H and O–H groups in total. The van der Waals surface area contributed by atoms with Gasteiger partial charge >= 0.3 is 0 Å². The van der Waals surface area contributed by atoms with Crippen LogP contribution in [-0.4, -0.2) is 33.7 Å². The SMILES string of the molecule is CCn1nc(C)c(Br)c1CC(C)(O)C(C)OC. The number of aliphatic hydroxyl groups is 1. The zero-order valence-corrected chi connectivity index (χ0v) is 12.7. The first-order chi connectivity index (χ1) is 7.83. The van der Waals surface area contributed by atoms with Crippen molar-refractivity contribution in [1.29, 1.82) is 0 Å². The third-order valence-corrected chi connectivity index (χ3v) is 4.24. The smallest absolute Gasteiger partial charge is 0.0932 e. The maximum Gasteiger partial charge on any atom is 0.0932 e. The lowest BCUT2D eigenvalue weighted by molar-refractivity contribution is -0.0726. The topological polar surface area (TPSA) is 47.3 Å². The Kier molecular flexibility index (Phi) is 4.75. The number of aryl methyl sites for hydroxylation is 2. The third kappa shape index (κ3) is 3.09. The summed E-state index contributed by atoms with van der Waals surface area (Å²) in [7, 11) is 1.61. The number of halogens is 1. The van der Waals surface area contributed by atoms with Gasteiger partial charge in [0.2, 0.25) is 0 Å². The van der Waals surface area contributed by atoms with Gasteiger partial charge in [0, 0.05) is 20.1 Å². The van der Waals surface area contributed by atoms with Gasteiger partial charge in [-0.25, -0.2) is 0 Å². The first-order valence-corrected chi connectivity index (χ1v) is 6.59. The van der Waals surface area contributed by atoms with E-state index in [2.05, 4.69) is 21.0 Å². The van der Waals surface area contributed by atoms with E-state index in [1.165, 1.54) is 0 Å². The van der Waals surface area contributed by atoms with Crippen LogP contribution in [0, 0.1) is 6.92 Å². The molecule has 0 bridgehead atoms. The Morgan fingerprint density at radius 3 is 2.65 bits per heavy atom. The van der Waals surface area contributed by atoms with Gasteiger partial charge in [-0.2, -0.15) is 5.10 Å². The zero-order valence-electron chi connectivity index (χ0n) is 11.1. The fraction of sp³-hybridized carbons (Fsp3) is 0.750. The zero-order chi connectivity index (χ0) is 13.2. The summed E-state index contributed by atoms with van der Waals surface area (Å²) in [6, 6.07) is 0. The Labute approximate surface area is 111 Å². The minimum atomic E-state index is -0.906. The number of hydrogen-bond acceptors (Lipinski definition) is 3. The van der Waals surface area contributed by atoms with Gasteiger partial charge < -0.3 is 9.84 Å². The Bertz CT molecular complexity index is 388. The van der Waals surface area contributed by atoms with E-state index in [-0.39, 0.29) is 6.10 Å². The number of hydrogen-bond donors (Lipinski definition) is 1. The molecule has 0 aliphatic carbocycles. The van der Waals surface area contributed by atoms with E-state index in [0.717, 1.165) is 22.4 Å². The molecule has 0 fully saturated rings. The summed E-state index contributed by atoms with van der Waals surface area (Å²) in [6.07, 6.45) is 0.284. The van der Waals surface area contributed by atoms with Crippen molar-refractivity contribution in [1.82, 2.24) is 9.78 Å². The predicted molar refractivity (Wildman–Crippen MR) is 71.1 cm³/mol. The van der Waals surface area contributed by atoms with Crippen LogP contribution in [0.15, 0.2) is 4.47 Å². The van der Waals surface area contributed by atoms with Crippen molar-refractivity contribution in [3.05, 3.63) is 15.9 Å². The van der Waals surface area contributed by atoms with Crippen LogP contribution in [0.2, 0.25) is 0 Å². The van der Waals surface area contributed by atoms with Crippen LogP contribution >= 0.6 is 15.9 Å². The van der Waals surface area contributed by atoms with E-state index in [0.29, 0.717) is 6.42 Å². The number of nitrogens with zero attached hydrogens (tertiary/aromatic N) is 2. The molecule has 2 unspecified atom stereocenters. The molecule has 1 aromatic rings. The van der Waals surface area contributed by atoms with E-state index >= 15 is 0 Å². The average molecular weight is 305 g/mol. The summed E-state index contributed by atoms with van der Waals surface area (Å²) in [5, 5.41) is 14.8. The van der Waals surface area contributed by atoms with Gasteiger partial charge in [0.05, 0.1) is 27.6 Å². The fourth-order valence-electron chi connectivity index (χ4n) is 1.77. The average Bonchev–Trinajstić information content (AvgIpc) is 2.55. The largest absolute Gasteiger partial charge is 0.387 e. The number of ether oxygens (including phenoxy) is 1. The fourth-order valence-corrected chi connectivity index (χ4v) is 2.20. The van der Waals surface area contributed by atoms with Crippen molar-refractivity contribution in [3.8, 4) is 0 Å². The van der Waals surface area contributed by atoms with Gasteiger partial charge in [-0.3, -0.25) is 4.68 Å². The Morgan fingerprint density at radius 2 is 2.18 bits per heavy atom. The normalized spacial score (nSPS) is 16.9. The molecular formula is C12H21BrN2O2. The van der Waals surface area contributed by atoms with Crippen molar-refractivity contribution in [2.24, 2.45) is 0 Å². The van der Waals surface area contributed by atoms with Crippen LogP contribution in [-0.2, 0) is 17.7 Å². The Balaban J connectivity index is 3.02. The summed E-state index contributed by atoms with van der Waals surface area (Å²) in [5.74, 6) is 0. The second kappa shape index (κ2) is 5.50. The molecule has 17 heavy (non-hydrogen) atoms. The molecule has 1 heterocycles. The number of rotatable bonds is 5. The maximum absolute atomic E-state index is 10.4. The van der Waals surface area contributed by atoms with Crippen molar-refractivity contribution in [3.63, 3.8) is 0 Å². The second-order valence-electron chi connectivity index (χ2n) is 4.57. The molecule has 1 rings (SSSR count). The lowest BCUT2D eigenvalue weighted by Gasteiger charge is -2.29. The van der Waals surface area contributed by atoms with Crippen LogP contribution in [0.5, 0.6) is 0 Å². The molecule has 0 radical (unpaired) electrons. The summed E-state index contributed by atoms with van der Waals surface area (Å²) in [4.78, 5) is 0. The van der Waals surface area contributed by atoms with E-state index < -0.39 is 5.60 Å². The summed E-state index contributed by atoms with van der Waals surface area (Å²) in [5.41, 5.74) is 1.05. The van der Waals surface area contributed by atoms with Crippen LogP contribution in [0.4, 0.5) is 0 Å². The highest BCUT2D eigenvalue weighted by molar-refractivity contribution is 9.10. The Morgan fingerprint density at radius 1 is 1.59 bits per heavy atom. The second-order valence-corrected chi connectivity index (χ2v) is 5.37. The van der Waals surface area contributed by atoms with Gasteiger partial charge in [-0.1, -0.05) is 0 Å². The van der Waals surface area contributed by atoms with Crippen molar-refractivity contribution in [2.45, 2.75) is 52.4 Å². The van der Waals surface area contributed by atoms with E-state index in [9.17, 15) is 5.11 Å². The molecule has 0 saturated carbocycles. The molecule has 0 amide bonds. The summed E-state index contributed by atoms with van der Waals surface area (Å²) >= 11 is 3.53. The van der Waals surface area contributed by atoms with Gasteiger partial charge in [-0.15, -0.1) is 0 Å². The number of aromatic nitrogens is 2. The molecule has 4 nitrogen and oxygen atoms in total.